The molecule has 1 atom stereocenters. The van der Waals surface area contributed by atoms with Crippen LogP contribution < -0.4 is 15.0 Å². The van der Waals surface area contributed by atoms with Crippen molar-refractivity contribution in [3.05, 3.63) is 66.0 Å². The minimum absolute atomic E-state index is 0.113. The molecular formula is C21H25N6O2+. The van der Waals surface area contributed by atoms with E-state index < -0.39 is 0 Å². The summed E-state index contributed by atoms with van der Waals surface area (Å²) in [7, 11) is 1.69. The molecule has 1 aliphatic heterocycles. The van der Waals surface area contributed by atoms with Crippen molar-refractivity contribution in [2.45, 2.75) is 18.9 Å². The molecule has 1 aliphatic rings. The average Bonchev–Trinajstić information content (AvgIpc) is 3.49. The first-order valence-corrected chi connectivity index (χ1v) is 9.85. The third-order valence-corrected chi connectivity index (χ3v) is 5.44. The molecule has 0 bridgehead atoms. The molecule has 150 valence electrons. The maximum atomic E-state index is 12.9. The van der Waals surface area contributed by atoms with Crippen molar-refractivity contribution in [1.82, 2.24) is 25.5 Å². The van der Waals surface area contributed by atoms with Crippen molar-refractivity contribution in [3.63, 3.8) is 0 Å². The van der Waals surface area contributed by atoms with Gasteiger partial charge >= 0.3 is 0 Å². The van der Waals surface area contributed by atoms with Gasteiger partial charge in [0.15, 0.2) is 0 Å². The molecule has 0 saturated carbocycles. The lowest BCUT2D eigenvalue weighted by Gasteiger charge is -2.26. The first-order valence-electron chi connectivity index (χ1n) is 9.85. The monoisotopic (exact) mass is 393 g/mol. The predicted molar refractivity (Wildman–Crippen MR) is 107 cm³/mol. The van der Waals surface area contributed by atoms with Gasteiger partial charge in [0, 0.05) is 18.4 Å². The van der Waals surface area contributed by atoms with Gasteiger partial charge in [-0.3, -0.25) is 4.79 Å². The van der Waals surface area contributed by atoms with Crippen LogP contribution in [0.2, 0.25) is 0 Å². The molecule has 1 saturated heterocycles. The SMILES string of the molecule is COc1ccccc1[C@H](CNC(=O)c1cccc(-n2cnnn2)c1)[NH+]1CCCC1. The van der Waals surface area contributed by atoms with Crippen molar-refractivity contribution < 1.29 is 14.4 Å². The quantitative estimate of drug-likeness (QED) is 0.621. The van der Waals surface area contributed by atoms with Crippen molar-refractivity contribution in [3.8, 4) is 11.4 Å². The molecular weight excluding hydrogens is 368 g/mol. The minimum atomic E-state index is -0.113. The van der Waals surface area contributed by atoms with Gasteiger partial charge in [-0.1, -0.05) is 18.2 Å². The summed E-state index contributed by atoms with van der Waals surface area (Å²) in [6.07, 6.45) is 3.93. The number of ether oxygens (including phenoxy) is 1. The molecule has 2 N–H and O–H groups in total. The lowest BCUT2D eigenvalue weighted by atomic mass is 10.0. The van der Waals surface area contributed by atoms with Gasteiger partial charge in [0.2, 0.25) is 0 Å². The first-order chi connectivity index (χ1) is 14.3. The van der Waals surface area contributed by atoms with Gasteiger partial charge in [0.25, 0.3) is 5.91 Å². The van der Waals surface area contributed by atoms with E-state index in [1.165, 1.54) is 28.8 Å². The second kappa shape index (κ2) is 8.83. The molecule has 29 heavy (non-hydrogen) atoms. The number of hydrogen-bond donors (Lipinski definition) is 2. The van der Waals surface area contributed by atoms with E-state index in [-0.39, 0.29) is 11.9 Å². The van der Waals surface area contributed by atoms with E-state index in [9.17, 15) is 4.79 Å². The summed E-state index contributed by atoms with van der Waals surface area (Å²) in [6.45, 7) is 2.75. The summed E-state index contributed by atoms with van der Waals surface area (Å²) in [5.41, 5.74) is 2.46. The van der Waals surface area contributed by atoms with Crippen LogP contribution in [0, 0.1) is 0 Å². The molecule has 4 rings (SSSR count). The number of aromatic nitrogens is 4. The molecule has 0 spiro atoms. The molecule has 2 aromatic carbocycles. The zero-order valence-electron chi connectivity index (χ0n) is 16.4. The van der Waals surface area contributed by atoms with E-state index in [2.05, 4.69) is 26.9 Å². The molecule has 1 aromatic heterocycles. The number of quaternary nitrogens is 1. The highest BCUT2D eigenvalue weighted by atomic mass is 16.5. The summed E-state index contributed by atoms with van der Waals surface area (Å²) in [5, 5.41) is 14.3. The maximum Gasteiger partial charge on any atom is 0.251 e. The number of carbonyl (C=O) groups is 1. The molecule has 3 aromatic rings. The average molecular weight is 393 g/mol. The fourth-order valence-corrected chi connectivity index (χ4v) is 3.97. The van der Waals surface area contributed by atoms with Crippen molar-refractivity contribution >= 4 is 5.91 Å². The van der Waals surface area contributed by atoms with E-state index in [1.54, 1.807) is 19.2 Å². The highest BCUT2D eigenvalue weighted by Crippen LogP contribution is 2.23. The van der Waals surface area contributed by atoms with Crippen LogP contribution in [0.25, 0.3) is 5.69 Å². The molecule has 0 unspecified atom stereocenters. The van der Waals surface area contributed by atoms with Crippen LogP contribution in [0.4, 0.5) is 0 Å². The van der Waals surface area contributed by atoms with Crippen molar-refractivity contribution in [2.24, 2.45) is 0 Å². The van der Waals surface area contributed by atoms with E-state index in [4.69, 9.17) is 4.74 Å². The van der Waals surface area contributed by atoms with Gasteiger partial charge < -0.3 is 15.0 Å². The predicted octanol–water partition coefficient (Wildman–Crippen LogP) is 0.821. The second-order valence-electron chi connectivity index (χ2n) is 7.17. The molecule has 1 amide bonds. The number of nitrogens with zero attached hydrogens (tertiary/aromatic N) is 4. The number of likely N-dealkylation sites (tertiary alicyclic amines) is 1. The summed E-state index contributed by atoms with van der Waals surface area (Å²) >= 11 is 0. The maximum absolute atomic E-state index is 12.9. The van der Waals surface area contributed by atoms with Gasteiger partial charge in [-0.15, -0.1) is 5.10 Å². The number of carbonyl (C=O) groups excluding carboxylic acids is 1. The summed E-state index contributed by atoms with van der Waals surface area (Å²) in [4.78, 5) is 14.3. The topological polar surface area (TPSA) is 86.4 Å². The van der Waals surface area contributed by atoms with Gasteiger partial charge in [-0.25, -0.2) is 4.68 Å². The Bertz CT molecular complexity index is 953. The number of para-hydroxylation sites is 1. The number of rotatable bonds is 7. The third-order valence-electron chi connectivity index (χ3n) is 5.44. The summed E-state index contributed by atoms with van der Waals surface area (Å²) in [6, 6.07) is 15.5. The van der Waals surface area contributed by atoms with E-state index in [0.29, 0.717) is 12.1 Å². The summed E-state index contributed by atoms with van der Waals surface area (Å²) in [5.74, 6) is 0.755. The fourth-order valence-electron chi connectivity index (χ4n) is 3.97. The Hall–Kier alpha value is -3.26. The van der Waals surface area contributed by atoms with Crippen LogP contribution in [0.15, 0.2) is 54.9 Å². The fraction of sp³-hybridized carbons (Fsp3) is 0.333. The van der Waals surface area contributed by atoms with Crippen LogP contribution in [-0.4, -0.2) is 52.9 Å². The highest BCUT2D eigenvalue weighted by Gasteiger charge is 2.30. The van der Waals surface area contributed by atoms with Crippen LogP contribution in [0.1, 0.15) is 34.8 Å². The van der Waals surface area contributed by atoms with Gasteiger partial charge in [-0.05, 0) is 40.8 Å². The molecule has 8 heteroatoms. The number of tetrazole rings is 1. The Morgan fingerprint density at radius 2 is 2.03 bits per heavy atom. The number of nitrogens with one attached hydrogen (secondary N) is 2. The van der Waals surface area contributed by atoms with E-state index in [0.717, 1.165) is 30.1 Å². The summed E-state index contributed by atoms with van der Waals surface area (Å²) < 4.78 is 7.12. The molecule has 2 heterocycles. The van der Waals surface area contributed by atoms with Crippen molar-refractivity contribution in [2.75, 3.05) is 26.7 Å². The van der Waals surface area contributed by atoms with Crippen LogP contribution in [0.5, 0.6) is 5.75 Å². The first kappa shape index (κ1) is 19.1. The molecule has 0 aliphatic carbocycles. The Morgan fingerprint density at radius 3 is 2.79 bits per heavy atom. The van der Waals surface area contributed by atoms with E-state index >= 15 is 0 Å². The van der Waals surface area contributed by atoms with Gasteiger partial charge in [0.05, 0.1) is 38.0 Å². The molecule has 8 nitrogen and oxygen atoms in total. The molecule has 0 radical (unpaired) electrons. The normalized spacial score (nSPS) is 15.2. The Balaban J connectivity index is 1.51. The lowest BCUT2D eigenvalue weighted by molar-refractivity contribution is -0.918. The number of methoxy groups -OCH3 is 1. The number of hydrogen-bond acceptors (Lipinski definition) is 5. The zero-order chi connectivity index (χ0) is 20.1. The smallest absolute Gasteiger partial charge is 0.251 e. The third kappa shape index (κ3) is 4.27. The zero-order valence-corrected chi connectivity index (χ0v) is 16.4. The molecule has 1 fully saturated rings. The highest BCUT2D eigenvalue weighted by molar-refractivity contribution is 5.94. The number of amides is 1. The van der Waals surface area contributed by atoms with Crippen LogP contribution >= 0.6 is 0 Å². The van der Waals surface area contributed by atoms with Crippen LogP contribution in [0.3, 0.4) is 0 Å². The Morgan fingerprint density at radius 1 is 1.21 bits per heavy atom. The minimum Gasteiger partial charge on any atom is -0.496 e. The lowest BCUT2D eigenvalue weighted by Crippen LogP contribution is -3.11. The van der Waals surface area contributed by atoms with Gasteiger partial charge in [-0.2, -0.15) is 0 Å². The standard InChI is InChI=1S/C21H24N6O2/c1-29-20-10-3-2-9-18(20)19(26-11-4-5-12-26)14-22-21(28)16-7-6-8-17(13-16)27-15-23-24-25-27/h2-3,6-10,13,15,19H,4-5,11-12,14H2,1H3,(H,22,28)/p+1/t19-/m0/s1. The largest absolute Gasteiger partial charge is 0.496 e. The second-order valence-corrected chi connectivity index (χ2v) is 7.17. The van der Waals surface area contributed by atoms with E-state index in [1.807, 2.05) is 30.3 Å². The van der Waals surface area contributed by atoms with Crippen molar-refractivity contribution in [1.29, 1.82) is 0 Å². The Kier molecular flexibility index (Phi) is 5.81. The van der Waals surface area contributed by atoms with Crippen LogP contribution in [-0.2, 0) is 0 Å². The van der Waals surface area contributed by atoms with Gasteiger partial charge in [0.1, 0.15) is 18.1 Å². The number of benzene rings is 2. The Labute approximate surface area is 169 Å².